The molecule has 41 heavy (non-hydrogen) atoms. The molecule has 1 unspecified atom stereocenters. The first kappa shape index (κ1) is 31.0. The predicted octanol–water partition coefficient (Wildman–Crippen LogP) is 6.10. The number of imidazole rings is 1. The molecule has 2 N–H and O–H groups in total. The van der Waals surface area contributed by atoms with Crippen LogP contribution in [0.1, 0.15) is 36.8 Å². The maximum absolute atomic E-state index is 14.3. The van der Waals surface area contributed by atoms with Gasteiger partial charge < -0.3 is 19.8 Å². The molecule has 9 heteroatoms. The first-order chi connectivity index (χ1) is 20.0. The van der Waals surface area contributed by atoms with E-state index in [1.807, 2.05) is 87.5 Å². The lowest BCUT2D eigenvalue weighted by Crippen LogP contribution is -2.36. The number of hydrogen-bond acceptors (Lipinski definition) is 5. The van der Waals surface area contributed by atoms with Crippen LogP contribution in [0.5, 0.6) is 5.75 Å². The van der Waals surface area contributed by atoms with Crippen LogP contribution in [0.4, 0.5) is 9.18 Å². The molecular formula is C32H37FN4O4. The number of carbonyl (C=O) groups is 2. The van der Waals surface area contributed by atoms with Crippen molar-refractivity contribution in [2.45, 2.75) is 33.2 Å². The number of para-hydroxylation sites is 1. The lowest BCUT2D eigenvalue weighted by molar-refractivity contribution is -0.126. The smallest absolute Gasteiger partial charge is 0.325 e. The number of amides is 3. The molecular weight excluding hydrogens is 523 g/mol. The molecule has 0 saturated carbocycles. The highest BCUT2D eigenvalue weighted by Crippen LogP contribution is 2.28. The lowest BCUT2D eigenvalue weighted by atomic mass is 10.0. The number of urea groups is 1. The maximum Gasteiger partial charge on any atom is 0.325 e. The Morgan fingerprint density at radius 2 is 1.66 bits per heavy atom. The van der Waals surface area contributed by atoms with Crippen molar-refractivity contribution in [3.63, 3.8) is 0 Å². The number of ether oxygens (including phenoxy) is 2. The molecule has 5 rings (SSSR count). The third kappa shape index (κ3) is 8.74. The standard InChI is InChI=1S/C21H19FN4O2.C9H12O2.C2H6/c1-13-7-8-15(16(22)9-13)17-11-23-20(25-17)18(10-14-5-3-2-4-6-14)26-19(27)12-24-21(26)28;1-10-7-8-11-9-5-3-2-4-6-9;1-2/h2-9,11,18H,10,12H2,1H3,(H,23,25)(H,24,28);2-6H,7-8H2,1H3;1-2H3. The third-order valence-corrected chi connectivity index (χ3v) is 6.09. The van der Waals surface area contributed by atoms with Crippen LogP contribution in [-0.2, 0) is 16.0 Å². The van der Waals surface area contributed by atoms with Crippen molar-refractivity contribution in [2.75, 3.05) is 26.9 Å². The second-order valence-electron chi connectivity index (χ2n) is 8.95. The number of halogens is 1. The first-order valence-corrected chi connectivity index (χ1v) is 13.6. The van der Waals surface area contributed by atoms with Gasteiger partial charge in [0, 0.05) is 19.1 Å². The number of benzene rings is 3. The molecule has 0 aliphatic carbocycles. The van der Waals surface area contributed by atoms with Crippen LogP contribution >= 0.6 is 0 Å². The van der Waals surface area contributed by atoms with E-state index >= 15 is 0 Å². The number of H-pyrrole nitrogens is 1. The Bertz CT molecular complexity index is 1360. The summed E-state index contributed by atoms with van der Waals surface area (Å²) in [6.45, 7) is 7.03. The first-order valence-electron chi connectivity index (χ1n) is 13.6. The summed E-state index contributed by atoms with van der Waals surface area (Å²) in [6.07, 6.45) is 1.93. The van der Waals surface area contributed by atoms with E-state index in [4.69, 9.17) is 9.47 Å². The Balaban J connectivity index is 0.000000299. The average Bonchev–Trinajstić information content (AvgIpc) is 3.61. The zero-order valence-corrected chi connectivity index (χ0v) is 23.9. The van der Waals surface area contributed by atoms with E-state index < -0.39 is 12.1 Å². The predicted molar refractivity (Wildman–Crippen MR) is 157 cm³/mol. The number of rotatable bonds is 9. The molecule has 0 spiro atoms. The van der Waals surface area contributed by atoms with Gasteiger partial charge in [-0.2, -0.15) is 0 Å². The largest absolute Gasteiger partial charge is 0.491 e. The van der Waals surface area contributed by atoms with Gasteiger partial charge >= 0.3 is 6.03 Å². The van der Waals surface area contributed by atoms with Gasteiger partial charge in [0.25, 0.3) is 5.91 Å². The average molecular weight is 561 g/mol. The summed E-state index contributed by atoms with van der Waals surface area (Å²) >= 11 is 0. The van der Waals surface area contributed by atoms with Crippen LogP contribution in [0.15, 0.2) is 85.1 Å². The van der Waals surface area contributed by atoms with Crippen molar-refractivity contribution in [1.29, 1.82) is 0 Å². The Morgan fingerprint density at radius 3 is 2.27 bits per heavy atom. The van der Waals surface area contributed by atoms with E-state index in [-0.39, 0.29) is 18.3 Å². The van der Waals surface area contributed by atoms with Gasteiger partial charge in [-0.3, -0.25) is 9.69 Å². The van der Waals surface area contributed by atoms with E-state index in [2.05, 4.69) is 15.3 Å². The summed E-state index contributed by atoms with van der Waals surface area (Å²) in [4.78, 5) is 33.2. The number of imide groups is 1. The van der Waals surface area contributed by atoms with Crippen molar-refractivity contribution in [3.05, 3.63) is 108 Å². The summed E-state index contributed by atoms with van der Waals surface area (Å²) in [7, 11) is 1.66. The molecule has 1 fully saturated rings. The van der Waals surface area contributed by atoms with Crippen molar-refractivity contribution in [2.24, 2.45) is 0 Å². The van der Waals surface area contributed by atoms with Gasteiger partial charge in [0.05, 0.1) is 25.0 Å². The summed E-state index contributed by atoms with van der Waals surface area (Å²) < 4.78 is 24.5. The molecule has 1 saturated heterocycles. The molecule has 1 aliphatic heterocycles. The number of nitrogens with zero attached hydrogens (tertiary/aromatic N) is 2. The van der Waals surface area contributed by atoms with Gasteiger partial charge in [-0.15, -0.1) is 0 Å². The van der Waals surface area contributed by atoms with E-state index in [9.17, 15) is 14.0 Å². The van der Waals surface area contributed by atoms with Crippen LogP contribution < -0.4 is 10.1 Å². The topological polar surface area (TPSA) is 96.6 Å². The van der Waals surface area contributed by atoms with Gasteiger partial charge in [-0.25, -0.2) is 14.2 Å². The molecule has 4 aromatic rings. The monoisotopic (exact) mass is 560 g/mol. The van der Waals surface area contributed by atoms with Crippen LogP contribution in [0.3, 0.4) is 0 Å². The van der Waals surface area contributed by atoms with Crippen molar-refractivity contribution >= 4 is 11.9 Å². The number of methoxy groups -OCH3 is 1. The van der Waals surface area contributed by atoms with Gasteiger partial charge in [-0.05, 0) is 42.3 Å². The van der Waals surface area contributed by atoms with E-state index in [0.29, 0.717) is 36.7 Å². The number of aromatic nitrogens is 2. The quantitative estimate of drug-likeness (QED) is 0.191. The fraction of sp³-hybridized carbons (Fsp3) is 0.281. The third-order valence-electron chi connectivity index (χ3n) is 6.09. The van der Waals surface area contributed by atoms with Crippen LogP contribution in [-0.4, -0.2) is 53.7 Å². The molecule has 0 bridgehead atoms. The number of nitrogens with one attached hydrogen (secondary N) is 2. The van der Waals surface area contributed by atoms with Crippen molar-refractivity contribution < 1.29 is 23.5 Å². The van der Waals surface area contributed by atoms with Gasteiger partial charge in [0.1, 0.15) is 30.0 Å². The van der Waals surface area contributed by atoms with E-state index in [1.165, 1.54) is 17.2 Å². The summed E-state index contributed by atoms with van der Waals surface area (Å²) in [5, 5.41) is 2.54. The summed E-state index contributed by atoms with van der Waals surface area (Å²) in [5.74, 6) is 0.656. The summed E-state index contributed by atoms with van der Waals surface area (Å²) in [5.41, 5.74) is 2.67. The Labute approximate surface area is 240 Å². The van der Waals surface area contributed by atoms with Gasteiger partial charge in [-0.1, -0.05) is 68.4 Å². The number of aryl methyl sites for hydroxylation is 1. The van der Waals surface area contributed by atoms with Gasteiger partial charge in [0.15, 0.2) is 0 Å². The maximum atomic E-state index is 14.3. The Kier molecular flexibility index (Phi) is 12.1. The SMILES string of the molecule is CC.COCCOc1ccccc1.Cc1ccc(-c2cnc(C(Cc3ccccc3)N3C(=O)CNC3=O)[nH]2)c(F)c1. The minimum absolute atomic E-state index is 0.0374. The van der Waals surface area contributed by atoms with Crippen molar-refractivity contribution in [3.8, 4) is 17.0 Å². The van der Waals surface area contributed by atoms with E-state index in [1.54, 1.807) is 13.2 Å². The fourth-order valence-corrected chi connectivity index (χ4v) is 4.14. The summed E-state index contributed by atoms with van der Waals surface area (Å²) in [6, 6.07) is 23.1. The normalized spacial score (nSPS) is 13.0. The number of aromatic amines is 1. The zero-order valence-electron chi connectivity index (χ0n) is 23.9. The molecule has 216 valence electrons. The minimum atomic E-state index is -0.611. The molecule has 8 nitrogen and oxygen atoms in total. The molecule has 0 radical (unpaired) electrons. The highest BCUT2D eigenvalue weighted by Gasteiger charge is 2.37. The van der Waals surface area contributed by atoms with Gasteiger partial charge in [0.2, 0.25) is 0 Å². The molecule has 3 aromatic carbocycles. The number of carbonyl (C=O) groups excluding carboxylic acids is 2. The second kappa shape index (κ2) is 15.9. The molecule has 1 atom stereocenters. The fourth-order valence-electron chi connectivity index (χ4n) is 4.14. The molecule has 1 aromatic heterocycles. The number of hydrogen-bond donors (Lipinski definition) is 2. The lowest BCUT2D eigenvalue weighted by Gasteiger charge is -2.23. The molecule has 1 aliphatic rings. The Morgan fingerprint density at radius 1 is 0.976 bits per heavy atom. The highest BCUT2D eigenvalue weighted by atomic mass is 19.1. The van der Waals surface area contributed by atoms with Crippen LogP contribution in [0.25, 0.3) is 11.3 Å². The zero-order chi connectivity index (χ0) is 29.6. The highest BCUT2D eigenvalue weighted by molar-refractivity contribution is 6.02. The Hall–Kier alpha value is -4.50. The second-order valence-corrected chi connectivity index (χ2v) is 8.95. The molecule has 3 amide bonds. The van der Waals surface area contributed by atoms with Crippen LogP contribution in [0.2, 0.25) is 0 Å². The van der Waals surface area contributed by atoms with Crippen LogP contribution in [0, 0.1) is 12.7 Å². The minimum Gasteiger partial charge on any atom is -0.491 e. The van der Waals surface area contributed by atoms with Crippen molar-refractivity contribution in [1.82, 2.24) is 20.2 Å². The molecule has 2 heterocycles. The van der Waals surface area contributed by atoms with E-state index in [0.717, 1.165) is 16.9 Å².